The molecule has 2 nitrogen and oxygen atoms in total. The van der Waals surface area contributed by atoms with Gasteiger partial charge in [-0.1, -0.05) is 12.1 Å². The van der Waals surface area contributed by atoms with Gasteiger partial charge in [-0.25, -0.2) is 0 Å². The SMILES string of the molecule is Br.NNc1ccccc1Br. The predicted octanol–water partition coefficient (Wildman–Crippen LogP) is 2.31. The minimum Gasteiger partial charge on any atom is -0.323 e. The molecule has 0 fully saturated rings. The average molecular weight is 268 g/mol. The van der Waals surface area contributed by atoms with Gasteiger partial charge in [0, 0.05) is 4.47 Å². The van der Waals surface area contributed by atoms with E-state index in [0.29, 0.717) is 0 Å². The summed E-state index contributed by atoms with van der Waals surface area (Å²) in [5, 5.41) is 0. The number of benzene rings is 1. The van der Waals surface area contributed by atoms with Crippen molar-refractivity contribution in [2.45, 2.75) is 0 Å². The van der Waals surface area contributed by atoms with Crippen LogP contribution in [0.4, 0.5) is 5.69 Å². The number of hydrogen-bond acceptors (Lipinski definition) is 2. The second-order valence-electron chi connectivity index (χ2n) is 1.62. The van der Waals surface area contributed by atoms with E-state index >= 15 is 0 Å². The minimum absolute atomic E-state index is 0. The van der Waals surface area contributed by atoms with Crippen LogP contribution in [0.15, 0.2) is 28.7 Å². The number of hydrogen-bond donors (Lipinski definition) is 2. The highest BCUT2D eigenvalue weighted by atomic mass is 79.9. The fourth-order valence-electron chi connectivity index (χ4n) is 0.578. The third-order valence-electron chi connectivity index (χ3n) is 1.03. The van der Waals surface area contributed by atoms with Crippen molar-refractivity contribution in [2.24, 2.45) is 5.84 Å². The normalized spacial score (nSPS) is 8.20. The zero-order chi connectivity index (χ0) is 6.69. The van der Waals surface area contributed by atoms with Crippen LogP contribution in [0.2, 0.25) is 0 Å². The first-order valence-electron chi connectivity index (χ1n) is 2.56. The number of anilines is 1. The molecule has 0 aliphatic rings. The molecular weight excluding hydrogens is 260 g/mol. The number of rotatable bonds is 1. The van der Waals surface area contributed by atoms with Crippen LogP contribution in [-0.2, 0) is 0 Å². The number of nitrogens with one attached hydrogen (secondary N) is 1. The molecule has 0 atom stereocenters. The molecule has 0 amide bonds. The Hall–Kier alpha value is -0.0600. The van der Waals surface area contributed by atoms with Gasteiger partial charge in [0.05, 0.1) is 5.69 Å². The Morgan fingerprint density at radius 1 is 1.30 bits per heavy atom. The van der Waals surface area contributed by atoms with Crippen LogP contribution in [0, 0.1) is 0 Å². The molecule has 1 aromatic carbocycles. The van der Waals surface area contributed by atoms with Crippen LogP contribution in [-0.4, -0.2) is 0 Å². The van der Waals surface area contributed by atoms with Crippen molar-refractivity contribution in [3.63, 3.8) is 0 Å². The lowest BCUT2D eigenvalue weighted by Crippen LogP contribution is -2.06. The Kier molecular flexibility index (Phi) is 4.68. The molecule has 10 heavy (non-hydrogen) atoms. The maximum Gasteiger partial charge on any atom is 0.0627 e. The summed E-state index contributed by atoms with van der Waals surface area (Å²) in [5.41, 5.74) is 3.45. The molecule has 0 radical (unpaired) electrons. The molecular formula is C6H8Br2N2. The summed E-state index contributed by atoms with van der Waals surface area (Å²) in [4.78, 5) is 0. The van der Waals surface area contributed by atoms with Crippen LogP contribution < -0.4 is 11.3 Å². The van der Waals surface area contributed by atoms with Crippen molar-refractivity contribution in [1.82, 2.24) is 0 Å². The molecule has 1 aromatic rings. The molecule has 0 aliphatic heterocycles. The van der Waals surface area contributed by atoms with Gasteiger partial charge in [-0.3, -0.25) is 5.84 Å². The van der Waals surface area contributed by atoms with Gasteiger partial charge in [0.25, 0.3) is 0 Å². The predicted molar refractivity (Wildman–Crippen MR) is 52.3 cm³/mol. The van der Waals surface area contributed by atoms with E-state index in [2.05, 4.69) is 21.4 Å². The Morgan fingerprint density at radius 2 is 1.90 bits per heavy atom. The van der Waals surface area contributed by atoms with E-state index in [4.69, 9.17) is 5.84 Å². The van der Waals surface area contributed by atoms with Gasteiger partial charge in [0.15, 0.2) is 0 Å². The Labute approximate surface area is 78.7 Å². The monoisotopic (exact) mass is 266 g/mol. The number of nitrogen functional groups attached to an aromatic ring is 1. The molecule has 1 rings (SSSR count). The highest BCUT2D eigenvalue weighted by molar-refractivity contribution is 9.10. The van der Waals surface area contributed by atoms with Gasteiger partial charge >= 0.3 is 0 Å². The third kappa shape index (κ3) is 2.28. The molecule has 56 valence electrons. The maximum atomic E-state index is 5.17. The first-order chi connectivity index (χ1) is 4.34. The summed E-state index contributed by atoms with van der Waals surface area (Å²) in [6.45, 7) is 0. The molecule has 0 bridgehead atoms. The van der Waals surface area contributed by atoms with Crippen molar-refractivity contribution in [2.75, 3.05) is 5.43 Å². The Morgan fingerprint density at radius 3 is 2.30 bits per heavy atom. The largest absolute Gasteiger partial charge is 0.323 e. The van der Waals surface area contributed by atoms with Crippen molar-refractivity contribution in [1.29, 1.82) is 0 Å². The summed E-state index contributed by atoms with van der Waals surface area (Å²) in [6.07, 6.45) is 0. The van der Waals surface area contributed by atoms with Crippen LogP contribution in [0.25, 0.3) is 0 Å². The summed E-state index contributed by atoms with van der Waals surface area (Å²) in [6, 6.07) is 7.67. The molecule has 3 N–H and O–H groups in total. The first-order valence-corrected chi connectivity index (χ1v) is 3.35. The fourth-order valence-corrected chi connectivity index (χ4v) is 0.978. The second kappa shape index (κ2) is 4.71. The number of hydrazine groups is 1. The van der Waals surface area contributed by atoms with Crippen molar-refractivity contribution < 1.29 is 0 Å². The third-order valence-corrected chi connectivity index (χ3v) is 1.72. The summed E-state index contributed by atoms with van der Waals surface area (Å²) >= 11 is 3.31. The molecule has 0 saturated heterocycles. The summed E-state index contributed by atoms with van der Waals surface area (Å²) in [5.74, 6) is 5.17. The van der Waals surface area contributed by atoms with E-state index in [1.807, 2.05) is 24.3 Å². The lowest BCUT2D eigenvalue weighted by Gasteiger charge is -1.99. The summed E-state index contributed by atoms with van der Waals surface area (Å²) < 4.78 is 0.979. The van der Waals surface area contributed by atoms with Crippen LogP contribution >= 0.6 is 32.9 Å². The van der Waals surface area contributed by atoms with E-state index in [0.717, 1.165) is 10.2 Å². The van der Waals surface area contributed by atoms with E-state index in [1.165, 1.54) is 0 Å². The molecule has 0 aromatic heterocycles. The van der Waals surface area contributed by atoms with E-state index in [1.54, 1.807) is 0 Å². The van der Waals surface area contributed by atoms with Gasteiger partial charge < -0.3 is 5.43 Å². The van der Waals surface area contributed by atoms with E-state index in [9.17, 15) is 0 Å². The lowest BCUT2D eigenvalue weighted by molar-refractivity contribution is 1.34. The average Bonchev–Trinajstić information content (AvgIpc) is 1.89. The van der Waals surface area contributed by atoms with Gasteiger partial charge in [-0.05, 0) is 28.1 Å². The first kappa shape index (κ1) is 9.94. The Balaban J connectivity index is 0.000000810. The van der Waals surface area contributed by atoms with Crippen molar-refractivity contribution in [3.8, 4) is 0 Å². The van der Waals surface area contributed by atoms with Gasteiger partial charge in [-0.2, -0.15) is 0 Å². The van der Waals surface area contributed by atoms with Crippen LogP contribution in [0.1, 0.15) is 0 Å². The molecule has 4 heteroatoms. The minimum atomic E-state index is 0. The van der Waals surface area contributed by atoms with Crippen LogP contribution in [0.3, 0.4) is 0 Å². The molecule has 0 spiro atoms. The van der Waals surface area contributed by atoms with Crippen LogP contribution in [0.5, 0.6) is 0 Å². The van der Waals surface area contributed by atoms with Gasteiger partial charge in [0.1, 0.15) is 0 Å². The highest BCUT2D eigenvalue weighted by Crippen LogP contribution is 2.19. The fraction of sp³-hybridized carbons (Fsp3) is 0. The lowest BCUT2D eigenvalue weighted by atomic mass is 10.3. The van der Waals surface area contributed by atoms with Gasteiger partial charge in [0.2, 0.25) is 0 Å². The summed E-state index contributed by atoms with van der Waals surface area (Å²) in [7, 11) is 0. The zero-order valence-corrected chi connectivity index (χ0v) is 8.47. The van der Waals surface area contributed by atoms with Crippen molar-refractivity contribution >= 4 is 38.6 Å². The van der Waals surface area contributed by atoms with Crippen molar-refractivity contribution in [3.05, 3.63) is 28.7 Å². The quantitative estimate of drug-likeness (QED) is 0.605. The molecule has 0 aliphatic carbocycles. The highest BCUT2D eigenvalue weighted by Gasteiger charge is 1.91. The smallest absolute Gasteiger partial charge is 0.0627 e. The van der Waals surface area contributed by atoms with Gasteiger partial charge in [-0.15, -0.1) is 17.0 Å². The number of nitrogens with two attached hydrogens (primary N) is 1. The molecule has 0 saturated carbocycles. The molecule has 0 unspecified atom stereocenters. The maximum absolute atomic E-state index is 5.17. The Bertz CT molecular complexity index is 203. The molecule has 0 heterocycles. The topological polar surface area (TPSA) is 38.0 Å². The number of para-hydroxylation sites is 1. The zero-order valence-electron chi connectivity index (χ0n) is 5.17. The van der Waals surface area contributed by atoms with E-state index in [-0.39, 0.29) is 17.0 Å². The standard InChI is InChI=1S/C6H7BrN2.BrH/c7-5-3-1-2-4-6(5)9-8;/h1-4,9H,8H2;1H. The second-order valence-corrected chi connectivity index (χ2v) is 2.48. The van der Waals surface area contributed by atoms with E-state index < -0.39 is 0 Å². The number of halogens is 2.